The summed E-state index contributed by atoms with van der Waals surface area (Å²) in [6.45, 7) is 11.4. The Morgan fingerprint density at radius 1 is 0.812 bits per heavy atom. The van der Waals surface area contributed by atoms with E-state index in [4.69, 9.17) is 28.4 Å². The number of hydrogen-bond donors (Lipinski definition) is 0. The first-order valence-corrected chi connectivity index (χ1v) is 11.5. The van der Waals surface area contributed by atoms with Crippen LogP contribution in [0.25, 0.3) is 0 Å². The average molecular weight is 459 g/mol. The molecule has 0 fully saturated rings. The standard InChI is InChI=1S/C23H39FN2O6/c1-3-27-16-17-29-12-8-26-9-13-30-19-18-28-11-6-25(2)7-14-31-22-5-4-21(24)20-23(22)32-15-10-26/h4-5,20H,3,6-19H2,1-2H3. The molecule has 184 valence electrons. The van der Waals surface area contributed by atoms with Crippen LogP contribution in [-0.4, -0.2) is 116 Å². The molecule has 8 nitrogen and oxygen atoms in total. The summed E-state index contributed by atoms with van der Waals surface area (Å²) in [4.78, 5) is 4.34. The summed E-state index contributed by atoms with van der Waals surface area (Å²) in [5.41, 5.74) is 0. The van der Waals surface area contributed by atoms with Crippen molar-refractivity contribution in [3.63, 3.8) is 0 Å². The van der Waals surface area contributed by atoms with Crippen LogP contribution in [0.15, 0.2) is 18.2 Å². The third-order valence-corrected chi connectivity index (χ3v) is 4.97. The zero-order valence-corrected chi connectivity index (χ0v) is 19.6. The van der Waals surface area contributed by atoms with Gasteiger partial charge < -0.3 is 33.3 Å². The van der Waals surface area contributed by atoms with Crippen molar-refractivity contribution in [2.45, 2.75) is 6.92 Å². The van der Waals surface area contributed by atoms with E-state index in [9.17, 15) is 4.39 Å². The van der Waals surface area contributed by atoms with Gasteiger partial charge in [0, 0.05) is 45.4 Å². The number of halogens is 1. The molecule has 9 heteroatoms. The molecule has 1 aromatic carbocycles. The summed E-state index contributed by atoms with van der Waals surface area (Å²) in [5.74, 6) is 0.615. The smallest absolute Gasteiger partial charge is 0.164 e. The topological polar surface area (TPSA) is 61.9 Å². The number of ether oxygens (including phenoxy) is 6. The van der Waals surface area contributed by atoms with Crippen molar-refractivity contribution >= 4 is 0 Å². The summed E-state index contributed by atoms with van der Waals surface area (Å²) in [6.07, 6.45) is 0. The molecule has 0 amide bonds. The van der Waals surface area contributed by atoms with Crippen LogP contribution in [0.5, 0.6) is 11.5 Å². The van der Waals surface area contributed by atoms with Gasteiger partial charge in [0.1, 0.15) is 19.0 Å². The van der Waals surface area contributed by atoms with E-state index in [0.717, 1.165) is 26.2 Å². The SMILES string of the molecule is CCOCCOCCN1CCOCCOCCN(C)CCOc2ccc(F)cc2OCC1. The Kier molecular flexibility index (Phi) is 14.3. The van der Waals surface area contributed by atoms with E-state index in [1.165, 1.54) is 12.1 Å². The molecule has 1 aliphatic rings. The fourth-order valence-electron chi connectivity index (χ4n) is 3.05. The van der Waals surface area contributed by atoms with Crippen molar-refractivity contribution in [1.29, 1.82) is 0 Å². The molecule has 32 heavy (non-hydrogen) atoms. The van der Waals surface area contributed by atoms with Gasteiger partial charge in [0.05, 0.1) is 46.2 Å². The molecule has 0 N–H and O–H groups in total. The van der Waals surface area contributed by atoms with Crippen molar-refractivity contribution in [1.82, 2.24) is 9.80 Å². The van der Waals surface area contributed by atoms with Crippen LogP contribution in [0.3, 0.4) is 0 Å². The first-order valence-electron chi connectivity index (χ1n) is 11.5. The van der Waals surface area contributed by atoms with Gasteiger partial charge in [-0.05, 0) is 26.1 Å². The molecule has 0 atom stereocenters. The number of fused-ring (bicyclic) bond motifs is 1. The molecule has 0 bridgehead atoms. The minimum Gasteiger partial charge on any atom is -0.488 e. The molecule has 1 aliphatic heterocycles. The summed E-state index contributed by atoms with van der Waals surface area (Å²) in [5, 5.41) is 0. The summed E-state index contributed by atoms with van der Waals surface area (Å²) in [7, 11) is 2.01. The molecular formula is C23H39FN2O6. The van der Waals surface area contributed by atoms with Gasteiger partial charge in [0.2, 0.25) is 0 Å². The second-order valence-corrected chi connectivity index (χ2v) is 7.47. The quantitative estimate of drug-likeness (QED) is 0.575. The van der Waals surface area contributed by atoms with E-state index in [1.807, 2.05) is 14.0 Å². The van der Waals surface area contributed by atoms with E-state index in [0.29, 0.717) is 84.1 Å². The summed E-state index contributed by atoms with van der Waals surface area (Å²) >= 11 is 0. The van der Waals surface area contributed by atoms with Gasteiger partial charge in [-0.3, -0.25) is 4.90 Å². The Morgan fingerprint density at radius 2 is 1.47 bits per heavy atom. The molecule has 0 saturated heterocycles. The molecule has 0 unspecified atom stereocenters. The van der Waals surface area contributed by atoms with E-state index in [2.05, 4.69) is 9.80 Å². The van der Waals surface area contributed by atoms with Gasteiger partial charge in [0.15, 0.2) is 11.5 Å². The second kappa shape index (κ2) is 17.0. The van der Waals surface area contributed by atoms with Crippen LogP contribution < -0.4 is 9.47 Å². The highest BCUT2D eigenvalue weighted by Gasteiger charge is 2.11. The van der Waals surface area contributed by atoms with Crippen LogP contribution in [0.1, 0.15) is 6.92 Å². The number of rotatable bonds is 7. The predicted octanol–water partition coefficient (Wildman–Crippen LogP) is 1.92. The first-order chi connectivity index (χ1) is 15.7. The normalized spacial score (nSPS) is 18.7. The van der Waals surface area contributed by atoms with E-state index >= 15 is 0 Å². The Bertz CT molecular complexity index is 610. The van der Waals surface area contributed by atoms with Crippen LogP contribution in [0.2, 0.25) is 0 Å². The third-order valence-electron chi connectivity index (χ3n) is 4.97. The van der Waals surface area contributed by atoms with Crippen molar-refractivity contribution in [2.24, 2.45) is 0 Å². The highest BCUT2D eigenvalue weighted by molar-refractivity contribution is 5.40. The number of likely N-dealkylation sites (N-methyl/N-ethyl adjacent to an activating group) is 1. The van der Waals surface area contributed by atoms with Crippen LogP contribution in [0, 0.1) is 5.82 Å². The monoisotopic (exact) mass is 458 g/mol. The Labute approximate surface area is 191 Å². The molecular weight excluding hydrogens is 419 g/mol. The fourth-order valence-corrected chi connectivity index (χ4v) is 3.05. The Hall–Kier alpha value is -1.49. The minimum atomic E-state index is -0.350. The zero-order chi connectivity index (χ0) is 22.9. The Balaban J connectivity index is 1.90. The minimum absolute atomic E-state index is 0.350. The van der Waals surface area contributed by atoms with Crippen molar-refractivity contribution < 1.29 is 32.8 Å². The summed E-state index contributed by atoms with van der Waals surface area (Å²) in [6, 6.07) is 4.37. The van der Waals surface area contributed by atoms with E-state index in [-0.39, 0.29) is 5.82 Å². The molecule has 1 heterocycles. The number of benzene rings is 1. The van der Waals surface area contributed by atoms with Crippen LogP contribution in [-0.2, 0) is 18.9 Å². The van der Waals surface area contributed by atoms with Gasteiger partial charge in [-0.1, -0.05) is 0 Å². The van der Waals surface area contributed by atoms with E-state index < -0.39 is 0 Å². The maximum absolute atomic E-state index is 13.8. The van der Waals surface area contributed by atoms with Crippen LogP contribution >= 0.6 is 0 Å². The summed E-state index contributed by atoms with van der Waals surface area (Å²) < 4.78 is 47.8. The second-order valence-electron chi connectivity index (χ2n) is 7.47. The van der Waals surface area contributed by atoms with Crippen molar-refractivity contribution in [3.05, 3.63) is 24.0 Å². The third kappa shape index (κ3) is 11.9. The lowest BCUT2D eigenvalue weighted by atomic mass is 10.3. The zero-order valence-electron chi connectivity index (χ0n) is 19.6. The van der Waals surface area contributed by atoms with Gasteiger partial charge in [-0.15, -0.1) is 0 Å². The average Bonchev–Trinajstić information content (AvgIpc) is 2.78. The molecule has 0 saturated carbocycles. The largest absolute Gasteiger partial charge is 0.488 e. The molecule has 2 rings (SSSR count). The molecule has 0 spiro atoms. The fraction of sp³-hybridized carbons (Fsp3) is 0.739. The lowest BCUT2D eigenvalue weighted by Crippen LogP contribution is -2.35. The molecule has 0 aliphatic carbocycles. The predicted molar refractivity (Wildman–Crippen MR) is 120 cm³/mol. The molecule has 1 aromatic rings. The van der Waals surface area contributed by atoms with Gasteiger partial charge in [-0.25, -0.2) is 4.39 Å². The van der Waals surface area contributed by atoms with Crippen LogP contribution in [0.4, 0.5) is 4.39 Å². The van der Waals surface area contributed by atoms with Crippen molar-refractivity contribution in [2.75, 3.05) is 106 Å². The maximum Gasteiger partial charge on any atom is 0.164 e. The molecule has 0 aromatic heterocycles. The molecule has 0 radical (unpaired) electrons. The van der Waals surface area contributed by atoms with Crippen molar-refractivity contribution in [3.8, 4) is 11.5 Å². The lowest BCUT2D eigenvalue weighted by molar-refractivity contribution is 0.0201. The Morgan fingerprint density at radius 3 is 2.28 bits per heavy atom. The first kappa shape index (κ1) is 26.8. The van der Waals surface area contributed by atoms with E-state index in [1.54, 1.807) is 6.07 Å². The maximum atomic E-state index is 13.8. The lowest BCUT2D eigenvalue weighted by Gasteiger charge is -2.23. The number of hydrogen-bond acceptors (Lipinski definition) is 8. The number of nitrogens with zero attached hydrogens (tertiary/aromatic N) is 2. The van der Waals surface area contributed by atoms with Gasteiger partial charge in [-0.2, -0.15) is 0 Å². The van der Waals surface area contributed by atoms with Gasteiger partial charge >= 0.3 is 0 Å². The highest BCUT2D eigenvalue weighted by atomic mass is 19.1. The van der Waals surface area contributed by atoms with Gasteiger partial charge in [0.25, 0.3) is 0 Å². The highest BCUT2D eigenvalue weighted by Crippen LogP contribution is 2.28.